The molecule has 0 atom stereocenters. The molecule has 1 heterocycles. The van der Waals surface area contributed by atoms with Gasteiger partial charge >= 0.3 is 5.97 Å². The maximum Gasteiger partial charge on any atom is 0.355 e. The molecule has 0 aliphatic rings. The molecule has 25 heavy (non-hydrogen) atoms. The van der Waals surface area contributed by atoms with E-state index in [9.17, 15) is 14.4 Å². The highest BCUT2D eigenvalue weighted by Crippen LogP contribution is 2.09. The minimum Gasteiger partial charge on any atom is -0.453 e. The zero-order valence-electron chi connectivity index (χ0n) is 13.7. The van der Waals surface area contributed by atoms with Gasteiger partial charge < -0.3 is 9.72 Å². The summed E-state index contributed by atoms with van der Waals surface area (Å²) in [6.45, 7) is 1.65. The SMILES string of the molecule is CCc1ccc(C(=O)COC(=O)c2cc(=O)c3ccccc3[nH]2)cc1. The molecule has 0 unspecified atom stereocenters. The summed E-state index contributed by atoms with van der Waals surface area (Å²) in [6.07, 6.45) is 0.888. The summed E-state index contributed by atoms with van der Waals surface area (Å²) in [5.41, 5.74) is 1.91. The van der Waals surface area contributed by atoms with Gasteiger partial charge in [0.25, 0.3) is 0 Å². The number of aryl methyl sites for hydroxylation is 1. The highest BCUT2D eigenvalue weighted by Gasteiger charge is 2.14. The van der Waals surface area contributed by atoms with E-state index < -0.39 is 5.97 Å². The fourth-order valence-electron chi connectivity index (χ4n) is 2.53. The Morgan fingerprint density at radius 3 is 2.48 bits per heavy atom. The lowest BCUT2D eigenvalue weighted by atomic mass is 10.1. The Labute approximate surface area is 144 Å². The van der Waals surface area contributed by atoms with Crippen molar-refractivity contribution in [2.45, 2.75) is 13.3 Å². The van der Waals surface area contributed by atoms with Crippen molar-refractivity contribution in [1.29, 1.82) is 0 Å². The zero-order chi connectivity index (χ0) is 17.8. The maximum atomic E-state index is 12.1. The van der Waals surface area contributed by atoms with Crippen molar-refractivity contribution in [2.75, 3.05) is 6.61 Å². The number of carbonyl (C=O) groups excluding carboxylic acids is 2. The third-order valence-corrected chi connectivity index (χ3v) is 3.98. The number of esters is 1. The normalized spacial score (nSPS) is 10.6. The molecule has 0 saturated heterocycles. The average molecular weight is 335 g/mol. The molecule has 0 radical (unpaired) electrons. The van der Waals surface area contributed by atoms with Gasteiger partial charge in [0.2, 0.25) is 0 Å². The van der Waals surface area contributed by atoms with Crippen molar-refractivity contribution in [3.63, 3.8) is 0 Å². The van der Waals surface area contributed by atoms with Crippen molar-refractivity contribution >= 4 is 22.7 Å². The molecule has 0 spiro atoms. The Balaban J connectivity index is 1.71. The van der Waals surface area contributed by atoms with Crippen LogP contribution in [-0.4, -0.2) is 23.3 Å². The van der Waals surface area contributed by atoms with E-state index in [2.05, 4.69) is 4.98 Å². The molecule has 0 amide bonds. The smallest absolute Gasteiger partial charge is 0.355 e. The number of benzene rings is 2. The lowest BCUT2D eigenvalue weighted by Crippen LogP contribution is -2.17. The van der Waals surface area contributed by atoms with E-state index in [0.717, 1.165) is 12.0 Å². The quantitative estimate of drug-likeness (QED) is 0.574. The van der Waals surface area contributed by atoms with Crippen molar-refractivity contribution in [3.05, 3.63) is 81.6 Å². The van der Waals surface area contributed by atoms with Gasteiger partial charge in [-0.25, -0.2) is 4.79 Å². The molecule has 3 aromatic rings. The predicted octanol–water partition coefficient (Wildman–Crippen LogP) is 3.13. The van der Waals surface area contributed by atoms with Crippen molar-refractivity contribution in [2.24, 2.45) is 0 Å². The van der Waals surface area contributed by atoms with Crippen LogP contribution >= 0.6 is 0 Å². The Hall–Kier alpha value is -3.21. The topological polar surface area (TPSA) is 76.2 Å². The van der Waals surface area contributed by atoms with Crippen LogP contribution in [0.5, 0.6) is 0 Å². The number of Topliss-reactive ketones (excluding diaryl/α,β-unsaturated/α-hetero) is 1. The first-order chi connectivity index (χ1) is 12.1. The molecule has 0 saturated carbocycles. The highest BCUT2D eigenvalue weighted by atomic mass is 16.5. The van der Waals surface area contributed by atoms with Gasteiger partial charge in [-0.2, -0.15) is 0 Å². The van der Waals surface area contributed by atoms with E-state index in [4.69, 9.17) is 4.74 Å². The van der Waals surface area contributed by atoms with E-state index in [1.54, 1.807) is 36.4 Å². The van der Waals surface area contributed by atoms with Crippen LogP contribution in [0, 0.1) is 0 Å². The molecule has 2 aromatic carbocycles. The number of hydrogen-bond acceptors (Lipinski definition) is 4. The number of para-hydroxylation sites is 1. The van der Waals surface area contributed by atoms with Gasteiger partial charge in [-0.1, -0.05) is 43.3 Å². The van der Waals surface area contributed by atoms with Gasteiger partial charge in [0.15, 0.2) is 17.8 Å². The lowest BCUT2D eigenvalue weighted by molar-refractivity contribution is 0.0469. The molecule has 0 aliphatic heterocycles. The number of pyridine rings is 1. The van der Waals surface area contributed by atoms with Crippen LogP contribution < -0.4 is 5.43 Å². The Morgan fingerprint density at radius 1 is 1.04 bits per heavy atom. The molecule has 3 rings (SSSR count). The molecule has 1 aromatic heterocycles. The number of carbonyl (C=O) groups is 2. The molecule has 126 valence electrons. The minimum absolute atomic E-state index is 0.0258. The number of aromatic nitrogens is 1. The zero-order valence-corrected chi connectivity index (χ0v) is 13.7. The summed E-state index contributed by atoms with van der Waals surface area (Å²) in [5, 5.41) is 0.492. The summed E-state index contributed by atoms with van der Waals surface area (Å²) >= 11 is 0. The van der Waals surface area contributed by atoms with Gasteiger partial charge in [0, 0.05) is 22.5 Å². The van der Waals surface area contributed by atoms with E-state index in [0.29, 0.717) is 16.5 Å². The van der Waals surface area contributed by atoms with Crippen LogP contribution in [0.1, 0.15) is 33.3 Å². The Kier molecular flexibility index (Phi) is 4.75. The molecule has 0 bridgehead atoms. The fraction of sp³-hybridized carbons (Fsp3) is 0.150. The van der Waals surface area contributed by atoms with Crippen molar-refractivity contribution in [1.82, 2.24) is 4.98 Å². The number of aromatic amines is 1. The summed E-state index contributed by atoms with van der Waals surface area (Å²) in [7, 11) is 0. The second-order valence-corrected chi connectivity index (χ2v) is 5.64. The Morgan fingerprint density at radius 2 is 1.76 bits per heavy atom. The van der Waals surface area contributed by atoms with E-state index in [1.807, 2.05) is 19.1 Å². The van der Waals surface area contributed by atoms with Crippen LogP contribution in [0.3, 0.4) is 0 Å². The third kappa shape index (κ3) is 3.66. The summed E-state index contributed by atoms with van der Waals surface area (Å²) in [5.74, 6) is -1.03. The van der Waals surface area contributed by atoms with Gasteiger partial charge in [-0.05, 0) is 24.1 Å². The van der Waals surface area contributed by atoms with Crippen LogP contribution in [0.4, 0.5) is 0 Å². The third-order valence-electron chi connectivity index (χ3n) is 3.98. The number of ether oxygens (including phenoxy) is 1. The standard InChI is InChI=1S/C20H17NO4/c1-2-13-7-9-14(10-8-13)19(23)12-25-20(24)17-11-18(22)15-5-3-4-6-16(15)21-17/h3-11H,2,12H2,1H3,(H,21,22). The fourth-order valence-corrected chi connectivity index (χ4v) is 2.53. The number of rotatable bonds is 5. The van der Waals surface area contributed by atoms with Gasteiger partial charge in [-0.15, -0.1) is 0 Å². The number of nitrogens with one attached hydrogen (secondary N) is 1. The van der Waals surface area contributed by atoms with Gasteiger partial charge in [0.1, 0.15) is 5.69 Å². The van der Waals surface area contributed by atoms with Gasteiger partial charge in [-0.3, -0.25) is 9.59 Å². The van der Waals surface area contributed by atoms with Gasteiger partial charge in [0.05, 0.1) is 0 Å². The minimum atomic E-state index is -0.735. The number of ketones is 1. The number of hydrogen-bond donors (Lipinski definition) is 1. The van der Waals surface area contributed by atoms with Crippen LogP contribution in [-0.2, 0) is 11.2 Å². The summed E-state index contributed by atoms with van der Waals surface area (Å²) in [4.78, 5) is 39.1. The molecular formula is C20H17NO4. The van der Waals surface area contributed by atoms with E-state index in [-0.39, 0.29) is 23.5 Å². The lowest BCUT2D eigenvalue weighted by Gasteiger charge is -2.06. The predicted molar refractivity (Wildman–Crippen MR) is 95.0 cm³/mol. The first kappa shape index (κ1) is 16.6. The molecule has 5 nitrogen and oxygen atoms in total. The monoisotopic (exact) mass is 335 g/mol. The molecule has 5 heteroatoms. The molecule has 0 aliphatic carbocycles. The molecule has 1 N–H and O–H groups in total. The van der Waals surface area contributed by atoms with E-state index >= 15 is 0 Å². The molecule has 0 fully saturated rings. The van der Waals surface area contributed by atoms with Crippen LogP contribution in [0.15, 0.2) is 59.4 Å². The van der Waals surface area contributed by atoms with E-state index in [1.165, 1.54) is 6.07 Å². The Bertz CT molecular complexity index is 986. The second-order valence-electron chi connectivity index (χ2n) is 5.64. The summed E-state index contributed by atoms with van der Waals surface area (Å²) < 4.78 is 5.05. The maximum absolute atomic E-state index is 12.1. The second kappa shape index (κ2) is 7.13. The van der Waals surface area contributed by atoms with Crippen molar-refractivity contribution in [3.8, 4) is 0 Å². The largest absolute Gasteiger partial charge is 0.453 e. The van der Waals surface area contributed by atoms with Crippen LogP contribution in [0.25, 0.3) is 10.9 Å². The molecular weight excluding hydrogens is 318 g/mol. The first-order valence-electron chi connectivity index (χ1n) is 8.00. The first-order valence-corrected chi connectivity index (χ1v) is 8.00. The number of fused-ring (bicyclic) bond motifs is 1. The summed E-state index contributed by atoms with van der Waals surface area (Å²) in [6, 6.07) is 15.2. The van der Waals surface area contributed by atoms with Crippen LogP contribution in [0.2, 0.25) is 0 Å². The highest BCUT2D eigenvalue weighted by molar-refractivity contribution is 5.99. The van der Waals surface area contributed by atoms with Crippen molar-refractivity contribution < 1.29 is 14.3 Å². The number of H-pyrrole nitrogens is 1. The average Bonchev–Trinajstić information content (AvgIpc) is 2.65.